The van der Waals surface area contributed by atoms with Crippen LogP contribution in [0.4, 0.5) is 5.69 Å². The molecule has 1 aliphatic rings. The quantitative estimate of drug-likeness (QED) is 0.473. The zero-order valence-electron chi connectivity index (χ0n) is 17.8. The van der Waals surface area contributed by atoms with E-state index in [0.29, 0.717) is 17.1 Å². The van der Waals surface area contributed by atoms with E-state index in [-0.39, 0.29) is 24.3 Å². The second-order valence-corrected chi connectivity index (χ2v) is 7.19. The van der Waals surface area contributed by atoms with Crippen molar-refractivity contribution in [2.24, 2.45) is 0 Å². The Kier molecular flexibility index (Phi) is 6.77. The third kappa shape index (κ3) is 5.00. The van der Waals surface area contributed by atoms with E-state index < -0.39 is 5.97 Å². The molecule has 0 aromatic heterocycles. The maximum Gasteiger partial charge on any atom is 0.344 e. The maximum atomic E-state index is 12.7. The minimum atomic E-state index is -0.448. The number of hydrogen-bond acceptors (Lipinski definition) is 6. The number of ether oxygens (including phenoxy) is 3. The average Bonchev–Trinajstić information content (AvgIpc) is 3.03. The summed E-state index contributed by atoms with van der Waals surface area (Å²) in [6, 6.07) is 12.9. The predicted molar refractivity (Wildman–Crippen MR) is 116 cm³/mol. The van der Waals surface area contributed by atoms with Crippen LogP contribution in [0.3, 0.4) is 0 Å². The molecule has 158 valence electrons. The predicted octanol–water partition coefficient (Wildman–Crippen LogP) is 4.48. The Hall–Kier alpha value is -3.28. The van der Waals surface area contributed by atoms with Crippen molar-refractivity contribution in [3.63, 3.8) is 0 Å². The molecule has 2 aromatic carbocycles. The Morgan fingerprint density at radius 3 is 2.43 bits per heavy atom. The molecular weight excluding hydrogens is 382 g/mol. The van der Waals surface area contributed by atoms with Gasteiger partial charge in [0.15, 0.2) is 12.4 Å². The van der Waals surface area contributed by atoms with E-state index in [2.05, 4.69) is 18.7 Å². The van der Waals surface area contributed by atoms with Crippen LogP contribution in [-0.4, -0.2) is 37.6 Å². The van der Waals surface area contributed by atoms with Gasteiger partial charge in [-0.2, -0.15) is 0 Å². The van der Waals surface area contributed by atoms with Gasteiger partial charge in [-0.25, -0.2) is 4.79 Å². The van der Waals surface area contributed by atoms with Crippen LogP contribution in [0.15, 0.2) is 48.2 Å². The van der Waals surface area contributed by atoms with Crippen LogP contribution in [0.1, 0.15) is 43.6 Å². The summed E-state index contributed by atoms with van der Waals surface area (Å²) in [5.41, 5.74) is 2.50. The molecule has 0 N–H and O–H groups in total. The van der Waals surface area contributed by atoms with E-state index in [9.17, 15) is 9.59 Å². The van der Waals surface area contributed by atoms with Crippen LogP contribution in [0.5, 0.6) is 11.5 Å². The summed E-state index contributed by atoms with van der Waals surface area (Å²) < 4.78 is 16.3. The summed E-state index contributed by atoms with van der Waals surface area (Å²) in [4.78, 5) is 26.5. The highest BCUT2D eigenvalue weighted by Crippen LogP contribution is 2.35. The van der Waals surface area contributed by atoms with Gasteiger partial charge in [-0.15, -0.1) is 0 Å². The summed E-state index contributed by atoms with van der Waals surface area (Å²) in [7, 11) is 0. The number of carbonyl (C=O) groups is 2. The largest absolute Gasteiger partial charge is 0.482 e. The summed E-state index contributed by atoms with van der Waals surface area (Å²) in [5.74, 6) is 0.490. The number of nitrogens with zero attached hydrogens (tertiary/aromatic N) is 1. The fourth-order valence-corrected chi connectivity index (χ4v) is 3.22. The molecule has 0 atom stereocenters. The lowest BCUT2D eigenvalue weighted by Gasteiger charge is -2.20. The number of Topliss-reactive ketones (excluding diaryl/α,β-unsaturated/α-hetero) is 1. The molecular formula is C24H27NO5. The van der Waals surface area contributed by atoms with Gasteiger partial charge in [-0.05, 0) is 63.6 Å². The van der Waals surface area contributed by atoms with Gasteiger partial charge in [-0.3, -0.25) is 4.79 Å². The van der Waals surface area contributed by atoms with E-state index in [0.717, 1.165) is 24.3 Å². The first-order valence-corrected chi connectivity index (χ1v) is 10.2. The fraction of sp³-hybridized carbons (Fsp3) is 0.333. The Morgan fingerprint density at radius 2 is 1.80 bits per heavy atom. The molecule has 0 saturated heterocycles. The first-order valence-electron chi connectivity index (χ1n) is 10.2. The highest BCUT2D eigenvalue weighted by molar-refractivity contribution is 6.14. The van der Waals surface area contributed by atoms with Gasteiger partial charge in [0, 0.05) is 24.8 Å². The lowest BCUT2D eigenvalue weighted by Crippen LogP contribution is -2.21. The average molecular weight is 409 g/mol. The lowest BCUT2D eigenvalue weighted by atomic mass is 10.1. The van der Waals surface area contributed by atoms with E-state index in [1.165, 1.54) is 0 Å². The Bertz CT molecular complexity index is 943. The van der Waals surface area contributed by atoms with Crippen LogP contribution in [0, 0.1) is 0 Å². The van der Waals surface area contributed by atoms with Crippen molar-refractivity contribution >= 4 is 23.5 Å². The molecule has 0 saturated carbocycles. The van der Waals surface area contributed by atoms with Crippen LogP contribution >= 0.6 is 0 Å². The van der Waals surface area contributed by atoms with Gasteiger partial charge < -0.3 is 19.1 Å². The second-order valence-electron chi connectivity index (χ2n) is 7.19. The topological polar surface area (TPSA) is 65.1 Å². The molecule has 3 rings (SSSR count). The number of esters is 1. The SMILES string of the molecule is CCN(CC)c1ccc(/C=C2\Oc3cc(OCC(=O)OC(C)C)ccc3C2=O)cc1. The summed E-state index contributed by atoms with van der Waals surface area (Å²) in [6.07, 6.45) is 1.53. The minimum Gasteiger partial charge on any atom is -0.482 e. The van der Waals surface area contributed by atoms with Gasteiger partial charge in [0.2, 0.25) is 5.78 Å². The second kappa shape index (κ2) is 9.48. The van der Waals surface area contributed by atoms with Crippen molar-refractivity contribution in [2.45, 2.75) is 33.8 Å². The molecule has 6 nitrogen and oxygen atoms in total. The molecule has 6 heteroatoms. The summed E-state index contributed by atoms with van der Waals surface area (Å²) in [6.45, 7) is 9.46. The van der Waals surface area contributed by atoms with Crippen LogP contribution < -0.4 is 14.4 Å². The van der Waals surface area contributed by atoms with E-state index >= 15 is 0 Å². The van der Waals surface area contributed by atoms with Gasteiger partial charge in [0.05, 0.1) is 11.7 Å². The van der Waals surface area contributed by atoms with Gasteiger partial charge in [0.1, 0.15) is 11.5 Å². The summed E-state index contributed by atoms with van der Waals surface area (Å²) >= 11 is 0. The van der Waals surface area contributed by atoms with E-state index in [1.807, 2.05) is 24.3 Å². The highest BCUT2D eigenvalue weighted by atomic mass is 16.6. The van der Waals surface area contributed by atoms with Crippen molar-refractivity contribution < 1.29 is 23.8 Å². The molecule has 1 aliphatic heterocycles. The monoisotopic (exact) mass is 409 g/mol. The Balaban J connectivity index is 1.70. The van der Waals surface area contributed by atoms with Crippen molar-refractivity contribution in [2.75, 3.05) is 24.6 Å². The molecule has 0 bridgehead atoms. The van der Waals surface area contributed by atoms with Crippen LogP contribution in [0.25, 0.3) is 6.08 Å². The molecule has 0 unspecified atom stereocenters. The highest BCUT2D eigenvalue weighted by Gasteiger charge is 2.27. The fourth-order valence-electron chi connectivity index (χ4n) is 3.22. The third-order valence-electron chi connectivity index (χ3n) is 4.68. The number of allylic oxidation sites excluding steroid dienone is 1. The van der Waals surface area contributed by atoms with Crippen LogP contribution in [0.2, 0.25) is 0 Å². The van der Waals surface area contributed by atoms with Gasteiger partial charge in [-0.1, -0.05) is 12.1 Å². The molecule has 30 heavy (non-hydrogen) atoms. The molecule has 2 aromatic rings. The Labute approximate surface area is 177 Å². The zero-order valence-corrected chi connectivity index (χ0v) is 17.8. The first kappa shape index (κ1) is 21.4. The molecule has 0 aliphatic carbocycles. The van der Waals surface area contributed by atoms with Crippen molar-refractivity contribution in [1.29, 1.82) is 0 Å². The number of benzene rings is 2. The van der Waals surface area contributed by atoms with Crippen molar-refractivity contribution in [3.05, 3.63) is 59.4 Å². The number of ketones is 1. The standard InChI is InChI=1S/C24H27NO5/c1-5-25(6-2)18-9-7-17(8-10-18)13-22-24(27)20-12-11-19(14-21(20)30-22)28-15-23(26)29-16(3)4/h7-14,16H,5-6,15H2,1-4H3/b22-13-. The molecule has 0 radical (unpaired) electrons. The smallest absolute Gasteiger partial charge is 0.344 e. The molecule has 0 spiro atoms. The third-order valence-corrected chi connectivity index (χ3v) is 4.68. The zero-order chi connectivity index (χ0) is 21.7. The van der Waals surface area contributed by atoms with Crippen molar-refractivity contribution in [3.8, 4) is 11.5 Å². The summed E-state index contributed by atoms with van der Waals surface area (Å²) in [5, 5.41) is 0. The normalized spacial score (nSPS) is 13.9. The first-order chi connectivity index (χ1) is 14.4. The Morgan fingerprint density at radius 1 is 1.10 bits per heavy atom. The number of carbonyl (C=O) groups excluding carboxylic acids is 2. The van der Waals surface area contributed by atoms with Gasteiger partial charge in [0.25, 0.3) is 0 Å². The maximum absolute atomic E-state index is 12.7. The van der Waals surface area contributed by atoms with E-state index in [1.54, 1.807) is 38.1 Å². The molecule has 0 amide bonds. The minimum absolute atomic E-state index is 0.177. The number of fused-ring (bicyclic) bond motifs is 1. The number of anilines is 1. The lowest BCUT2D eigenvalue weighted by molar-refractivity contribution is -0.149. The number of hydrogen-bond donors (Lipinski definition) is 0. The van der Waals surface area contributed by atoms with Crippen molar-refractivity contribution in [1.82, 2.24) is 0 Å². The molecule has 0 fully saturated rings. The van der Waals surface area contributed by atoms with E-state index in [4.69, 9.17) is 14.2 Å². The van der Waals surface area contributed by atoms with Gasteiger partial charge >= 0.3 is 5.97 Å². The van der Waals surface area contributed by atoms with Crippen LogP contribution in [-0.2, 0) is 9.53 Å². The molecule has 1 heterocycles. The number of rotatable bonds is 8.